The number of rotatable bonds is 8. The van der Waals surface area contributed by atoms with E-state index in [1.807, 2.05) is 0 Å². The minimum atomic E-state index is 0.289. The van der Waals surface area contributed by atoms with Gasteiger partial charge in [0.05, 0.1) is 19.8 Å². The van der Waals surface area contributed by atoms with Crippen LogP contribution in [0.25, 0.3) is 0 Å². The zero-order valence-electron chi connectivity index (χ0n) is 10.4. The molecule has 1 saturated heterocycles. The first-order valence-electron chi connectivity index (χ1n) is 6.04. The number of hydrogen-bond donors (Lipinski definition) is 0. The molecule has 1 aliphatic heterocycles. The first kappa shape index (κ1) is 13.6. The Balaban J connectivity index is 2.12. The maximum Gasteiger partial charge on any atom is 0.131 e. The second-order valence-corrected chi connectivity index (χ2v) is 4.34. The fraction of sp³-hybridized carbons (Fsp3) is 0.917. The van der Waals surface area contributed by atoms with Gasteiger partial charge in [0.2, 0.25) is 0 Å². The fourth-order valence-electron chi connectivity index (χ4n) is 2.18. The number of nitrogens with zero attached hydrogens (tertiary/aromatic N) is 1. The Morgan fingerprint density at radius 1 is 1.38 bits per heavy atom. The predicted octanol–water partition coefficient (Wildman–Crippen LogP) is 1.09. The van der Waals surface area contributed by atoms with Gasteiger partial charge < -0.3 is 9.47 Å². The summed E-state index contributed by atoms with van der Waals surface area (Å²) < 4.78 is 10.3. The molecule has 16 heavy (non-hydrogen) atoms. The quantitative estimate of drug-likeness (QED) is 0.584. The van der Waals surface area contributed by atoms with Crippen molar-refractivity contribution in [1.82, 2.24) is 4.90 Å². The Morgan fingerprint density at radius 2 is 2.19 bits per heavy atom. The molecule has 0 N–H and O–H groups in total. The van der Waals surface area contributed by atoms with Gasteiger partial charge in [0.1, 0.15) is 5.78 Å². The first-order chi connectivity index (χ1) is 7.74. The van der Waals surface area contributed by atoms with Crippen LogP contribution in [0.3, 0.4) is 0 Å². The summed E-state index contributed by atoms with van der Waals surface area (Å²) in [5.74, 6) is 0.289. The second-order valence-electron chi connectivity index (χ2n) is 4.34. The predicted molar refractivity (Wildman–Crippen MR) is 62.6 cm³/mol. The molecular formula is C12H23NO3. The molecule has 4 nitrogen and oxygen atoms in total. The van der Waals surface area contributed by atoms with E-state index in [9.17, 15) is 4.79 Å². The summed E-state index contributed by atoms with van der Waals surface area (Å²) >= 11 is 0. The van der Waals surface area contributed by atoms with Gasteiger partial charge in [-0.3, -0.25) is 9.69 Å². The third-order valence-corrected chi connectivity index (χ3v) is 2.98. The minimum Gasteiger partial charge on any atom is -0.382 e. The number of Topliss-reactive ketones (excluding diaryl/α,β-unsaturated/α-hetero) is 1. The highest BCUT2D eigenvalue weighted by Crippen LogP contribution is 2.19. The Morgan fingerprint density at radius 3 is 2.88 bits per heavy atom. The van der Waals surface area contributed by atoms with E-state index in [1.165, 1.54) is 6.42 Å². The van der Waals surface area contributed by atoms with E-state index in [-0.39, 0.29) is 5.78 Å². The maximum atomic E-state index is 11.1. The SMILES string of the molecule is COCCOCCN1CCCC1CC(C)=O. The minimum absolute atomic E-state index is 0.289. The second kappa shape index (κ2) is 7.76. The molecule has 0 saturated carbocycles. The Hall–Kier alpha value is -0.450. The van der Waals surface area contributed by atoms with Crippen LogP contribution in [-0.4, -0.2) is 56.7 Å². The number of ether oxygens (including phenoxy) is 2. The third kappa shape index (κ3) is 5.05. The van der Waals surface area contributed by atoms with Gasteiger partial charge in [0.25, 0.3) is 0 Å². The molecule has 1 fully saturated rings. The Kier molecular flexibility index (Phi) is 6.61. The van der Waals surface area contributed by atoms with Crippen LogP contribution in [0.15, 0.2) is 0 Å². The van der Waals surface area contributed by atoms with Crippen molar-refractivity contribution in [3.63, 3.8) is 0 Å². The molecule has 0 aromatic heterocycles. The zero-order valence-corrected chi connectivity index (χ0v) is 10.4. The monoisotopic (exact) mass is 229 g/mol. The van der Waals surface area contributed by atoms with E-state index < -0.39 is 0 Å². The molecule has 94 valence electrons. The van der Waals surface area contributed by atoms with Crippen molar-refractivity contribution in [1.29, 1.82) is 0 Å². The lowest BCUT2D eigenvalue weighted by molar-refractivity contribution is -0.118. The Bertz CT molecular complexity index is 208. The van der Waals surface area contributed by atoms with Gasteiger partial charge in [-0.15, -0.1) is 0 Å². The van der Waals surface area contributed by atoms with Gasteiger partial charge in [-0.05, 0) is 26.3 Å². The van der Waals surface area contributed by atoms with Gasteiger partial charge in [-0.1, -0.05) is 0 Å². The van der Waals surface area contributed by atoms with Crippen molar-refractivity contribution in [2.45, 2.75) is 32.2 Å². The summed E-state index contributed by atoms with van der Waals surface area (Å²) in [6.07, 6.45) is 3.05. The molecule has 0 amide bonds. The average molecular weight is 229 g/mol. The van der Waals surface area contributed by atoms with Crippen LogP contribution in [-0.2, 0) is 14.3 Å². The topological polar surface area (TPSA) is 38.8 Å². The summed E-state index contributed by atoms with van der Waals surface area (Å²) in [4.78, 5) is 13.5. The number of likely N-dealkylation sites (tertiary alicyclic amines) is 1. The third-order valence-electron chi connectivity index (χ3n) is 2.98. The highest BCUT2D eigenvalue weighted by molar-refractivity contribution is 5.76. The van der Waals surface area contributed by atoms with Crippen molar-refractivity contribution >= 4 is 5.78 Å². The van der Waals surface area contributed by atoms with E-state index in [4.69, 9.17) is 9.47 Å². The van der Waals surface area contributed by atoms with Crippen LogP contribution in [0.2, 0.25) is 0 Å². The van der Waals surface area contributed by atoms with Crippen molar-refractivity contribution in [3.8, 4) is 0 Å². The summed E-state index contributed by atoms with van der Waals surface area (Å²) in [6.45, 7) is 5.75. The lowest BCUT2D eigenvalue weighted by atomic mass is 10.1. The van der Waals surface area contributed by atoms with Crippen LogP contribution >= 0.6 is 0 Å². The van der Waals surface area contributed by atoms with E-state index in [2.05, 4.69) is 4.90 Å². The summed E-state index contributed by atoms with van der Waals surface area (Å²) in [7, 11) is 1.67. The molecule has 1 aliphatic rings. The maximum absolute atomic E-state index is 11.1. The van der Waals surface area contributed by atoms with Gasteiger partial charge in [0, 0.05) is 26.1 Å². The summed E-state index contributed by atoms with van der Waals surface area (Å²) in [6, 6.07) is 0.448. The van der Waals surface area contributed by atoms with Gasteiger partial charge in [-0.2, -0.15) is 0 Å². The molecule has 0 spiro atoms. The van der Waals surface area contributed by atoms with Crippen LogP contribution in [0, 0.1) is 0 Å². The highest BCUT2D eigenvalue weighted by atomic mass is 16.5. The van der Waals surface area contributed by atoms with Crippen LogP contribution in [0.1, 0.15) is 26.2 Å². The van der Waals surface area contributed by atoms with Crippen LogP contribution in [0.4, 0.5) is 0 Å². The fourth-order valence-corrected chi connectivity index (χ4v) is 2.18. The van der Waals surface area contributed by atoms with Crippen molar-refractivity contribution < 1.29 is 14.3 Å². The van der Waals surface area contributed by atoms with Crippen molar-refractivity contribution in [2.24, 2.45) is 0 Å². The number of carbonyl (C=O) groups excluding carboxylic acids is 1. The first-order valence-corrected chi connectivity index (χ1v) is 6.04. The average Bonchev–Trinajstić information content (AvgIpc) is 2.64. The van der Waals surface area contributed by atoms with Crippen LogP contribution < -0.4 is 0 Å². The standard InChI is InChI=1S/C12H23NO3/c1-11(14)10-12-4-3-5-13(12)6-7-16-9-8-15-2/h12H,3-10H2,1-2H3. The van der Waals surface area contributed by atoms with E-state index >= 15 is 0 Å². The number of carbonyl (C=O) groups is 1. The van der Waals surface area contributed by atoms with Crippen LogP contribution in [0.5, 0.6) is 0 Å². The highest BCUT2D eigenvalue weighted by Gasteiger charge is 2.24. The van der Waals surface area contributed by atoms with E-state index in [0.29, 0.717) is 25.7 Å². The normalized spacial score (nSPS) is 21.5. The molecule has 0 aliphatic carbocycles. The zero-order chi connectivity index (χ0) is 11.8. The molecule has 1 heterocycles. The molecule has 1 unspecified atom stereocenters. The summed E-state index contributed by atoms with van der Waals surface area (Å²) in [5.41, 5.74) is 0. The van der Waals surface area contributed by atoms with Crippen molar-refractivity contribution in [2.75, 3.05) is 40.0 Å². The van der Waals surface area contributed by atoms with Gasteiger partial charge in [-0.25, -0.2) is 0 Å². The molecule has 0 aromatic carbocycles. The smallest absolute Gasteiger partial charge is 0.131 e. The largest absolute Gasteiger partial charge is 0.382 e. The van der Waals surface area contributed by atoms with E-state index in [0.717, 1.165) is 26.1 Å². The molecule has 1 rings (SSSR count). The van der Waals surface area contributed by atoms with Gasteiger partial charge in [0.15, 0.2) is 0 Å². The Labute approximate surface area is 97.9 Å². The molecule has 0 radical (unpaired) electrons. The number of ketones is 1. The molecule has 0 bridgehead atoms. The molecular weight excluding hydrogens is 206 g/mol. The molecule has 0 aromatic rings. The number of hydrogen-bond acceptors (Lipinski definition) is 4. The van der Waals surface area contributed by atoms with Gasteiger partial charge >= 0.3 is 0 Å². The molecule has 4 heteroatoms. The van der Waals surface area contributed by atoms with E-state index in [1.54, 1.807) is 14.0 Å². The lowest BCUT2D eigenvalue weighted by Gasteiger charge is -2.23. The molecule has 1 atom stereocenters. The van der Waals surface area contributed by atoms with Crippen molar-refractivity contribution in [3.05, 3.63) is 0 Å². The summed E-state index contributed by atoms with van der Waals surface area (Å²) in [5, 5.41) is 0. The number of methoxy groups -OCH3 is 1. The lowest BCUT2D eigenvalue weighted by Crippen LogP contribution is -2.34.